The summed E-state index contributed by atoms with van der Waals surface area (Å²) in [7, 11) is 0. The number of hydrogen-bond donors (Lipinski definition) is 0. The summed E-state index contributed by atoms with van der Waals surface area (Å²) in [5.41, 5.74) is 1.78. The molecule has 0 nitrogen and oxygen atoms in total. The van der Waals surface area contributed by atoms with Gasteiger partial charge >= 0.3 is 6.18 Å². The molecular formula is C22H20F6. The van der Waals surface area contributed by atoms with E-state index in [2.05, 4.69) is 0 Å². The van der Waals surface area contributed by atoms with Gasteiger partial charge in [-0.05, 0) is 66.7 Å². The largest absolute Gasteiger partial charge is 0.389 e. The van der Waals surface area contributed by atoms with Gasteiger partial charge in [0.25, 0.3) is 0 Å². The first kappa shape index (κ1) is 19.3. The van der Waals surface area contributed by atoms with Crippen LogP contribution in [0.2, 0.25) is 0 Å². The minimum absolute atomic E-state index is 0.00943. The molecule has 2 aromatic carbocycles. The van der Waals surface area contributed by atoms with E-state index < -0.39 is 30.0 Å². The molecule has 0 amide bonds. The molecule has 0 atom stereocenters. The maximum atomic E-state index is 15.1. The van der Waals surface area contributed by atoms with Gasteiger partial charge in [0.05, 0.1) is 0 Å². The van der Waals surface area contributed by atoms with Crippen molar-refractivity contribution < 1.29 is 26.3 Å². The van der Waals surface area contributed by atoms with Crippen LogP contribution in [-0.4, -0.2) is 6.18 Å². The molecule has 0 saturated heterocycles. The molecule has 2 aliphatic rings. The highest BCUT2D eigenvalue weighted by molar-refractivity contribution is 6.03. The second-order valence-corrected chi connectivity index (χ2v) is 7.90. The molecule has 0 radical (unpaired) electrons. The van der Waals surface area contributed by atoms with Crippen molar-refractivity contribution in [2.75, 3.05) is 0 Å². The Morgan fingerprint density at radius 3 is 2.04 bits per heavy atom. The van der Waals surface area contributed by atoms with Crippen molar-refractivity contribution in [3.05, 3.63) is 47.3 Å². The summed E-state index contributed by atoms with van der Waals surface area (Å²) in [4.78, 5) is 0. The number of fused-ring (bicyclic) bond motifs is 4. The molecule has 150 valence electrons. The van der Waals surface area contributed by atoms with E-state index in [0.717, 1.165) is 18.9 Å². The van der Waals surface area contributed by atoms with E-state index in [0.29, 0.717) is 36.0 Å². The third-order valence-corrected chi connectivity index (χ3v) is 6.17. The van der Waals surface area contributed by atoms with E-state index >= 15 is 4.39 Å². The highest BCUT2D eigenvalue weighted by atomic mass is 19.4. The Bertz CT molecular complexity index is 891. The second-order valence-electron chi connectivity index (χ2n) is 7.90. The molecule has 0 heterocycles. The third kappa shape index (κ3) is 3.42. The van der Waals surface area contributed by atoms with Crippen LogP contribution in [0.4, 0.5) is 26.3 Å². The summed E-state index contributed by atoms with van der Waals surface area (Å²) in [6, 6.07) is 5.97. The number of halogens is 6. The van der Waals surface area contributed by atoms with Crippen molar-refractivity contribution in [2.45, 2.75) is 57.0 Å². The number of alkyl halides is 3. The second kappa shape index (κ2) is 7.12. The van der Waals surface area contributed by atoms with E-state index in [9.17, 15) is 22.0 Å². The SMILES string of the molecule is Fc1ccc2c(c1F)-c1c-2ccc(C2CCC(CCCC(F)(F)F)CC2)c1F. The molecule has 0 spiro atoms. The minimum atomic E-state index is -4.11. The molecule has 0 N–H and O–H groups in total. The molecule has 0 unspecified atom stereocenters. The Balaban J connectivity index is 1.45. The normalized spacial score (nSPS) is 21.1. The average molecular weight is 398 g/mol. The lowest BCUT2D eigenvalue weighted by atomic mass is 9.73. The number of rotatable bonds is 4. The molecule has 0 aromatic heterocycles. The van der Waals surface area contributed by atoms with Crippen molar-refractivity contribution in [2.24, 2.45) is 5.92 Å². The monoisotopic (exact) mass is 398 g/mol. The Hall–Kier alpha value is -1.98. The van der Waals surface area contributed by atoms with Gasteiger partial charge in [-0.1, -0.05) is 24.6 Å². The smallest absolute Gasteiger partial charge is 0.206 e. The minimum Gasteiger partial charge on any atom is -0.206 e. The molecule has 2 aliphatic carbocycles. The van der Waals surface area contributed by atoms with Crippen LogP contribution in [-0.2, 0) is 0 Å². The van der Waals surface area contributed by atoms with Gasteiger partial charge in [-0.3, -0.25) is 0 Å². The maximum absolute atomic E-state index is 15.1. The van der Waals surface area contributed by atoms with Crippen LogP contribution < -0.4 is 0 Å². The Morgan fingerprint density at radius 2 is 1.39 bits per heavy atom. The van der Waals surface area contributed by atoms with Gasteiger partial charge in [0.15, 0.2) is 11.6 Å². The first-order valence-corrected chi connectivity index (χ1v) is 9.64. The van der Waals surface area contributed by atoms with Crippen molar-refractivity contribution >= 4 is 0 Å². The molecule has 2 aromatic rings. The summed E-state index contributed by atoms with van der Waals surface area (Å²) in [5.74, 6) is -2.30. The molecule has 1 fully saturated rings. The predicted octanol–water partition coefficient (Wildman–Crippen LogP) is 7.76. The van der Waals surface area contributed by atoms with Crippen molar-refractivity contribution in [1.29, 1.82) is 0 Å². The molecule has 4 rings (SSSR count). The number of hydrogen-bond acceptors (Lipinski definition) is 0. The summed E-state index contributed by atoms with van der Waals surface area (Å²) >= 11 is 0. The Labute approximate surface area is 159 Å². The maximum Gasteiger partial charge on any atom is 0.389 e. The quantitative estimate of drug-likeness (QED) is 0.394. The van der Waals surface area contributed by atoms with Crippen LogP contribution in [0.5, 0.6) is 0 Å². The Morgan fingerprint density at radius 1 is 0.786 bits per heavy atom. The third-order valence-electron chi connectivity index (χ3n) is 6.17. The fourth-order valence-corrected chi connectivity index (χ4v) is 4.69. The van der Waals surface area contributed by atoms with E-state index in [1.165, 1.54) is 6.07 Å². The summed E-state index contributed by atoms with van der Waals surface area (Å²) in [5, 5.41) is 0. The molecule has 0 aliphatic heterocycles. The van der Waals surface area contributed by atoms with Gasteiger partial charge < -0.3 is 0 Å². The average Bonchev–Trinajstić information content (AvgIpc) is 2.62. The van der Waals surface area contributed by atoms with E-state index in [-0.39, 0.29) is 29.4 Å². The van der Waals surface area contributed by atoms with Gasteiger partial charge in [0.2, 0.25) is 0 Å². The summed E-state index contributed by atoms with van der Waals surface area (Å²) < 4.78 is 79.6. The molecule has 1 saturated carbocycles. The van der Waals surface area contributed by atoms with Gasteiger partial charge in [-0.15, -0.1) is 0 Å². The molecule has 6 heteroatoms. The van der Waals surface area contributed by atoms with Crippen molar-refractivity contribution in [3.63, 3.8) is 0 Å². The van der Waals surface area contributed by atoms with Crippen LogP contribution in [0.1, 0.15) is 56.4 Å². The zero-order valence-electron chi connectivity index (χ0n) is 15.2. The van der Waals surface area contributed by atoms with Gasteiger partial charge in [0, 0.05) is 17.5 Å². The van der Waals surface area contributed by atoms with E-state index in [4.69, 9.17) is 0 Å². The molecule has 28 heavy (non-hydrogen) atoms. The predicted molar refractivity (Wildman–Crippen MR) is 95.4 cm³/mol. The lowest BCUT2D eigenvalue weighted by molar-refractivity contribution is -0.136. The van der Waals surface area contributed by atoms with Crippen molar-refractivity contribution in [3.8, 4) is 22.3 Å². The summed E-state index contributed by atoms with van der Waals surface area (Å²) in [6.45, 7) is 0. The fourth-order valence-electron chi connectivity index (χ4n) is 4.69. The highest BCUT2D eigenvalue weighted by Gasteiger charge is 2.34. The highest BCUT2D eigenvalue weighted by Crippen LogP contribution is 2.52. The topological polar surface area (TPSA) is 0 Å². The number of benzene rings is 2. The lowest BCUT2D eigenvalue weighted by Gasteiger charge is -2.32. The molecule has 0 bridgehead atoms. The summed E-state index contributed by atoms with van der Waals surface area (Å²) in [6.07, 6.45) is -1.28. The van der Waals surface area contributed by atoms with Gasteiger partial charge in [0.1, 0.15) is 5.82 Å². The van der Waals surface area contributed by atoms with E-state index in [1.807, 2.05) is 0 Å². The standard InChI is InChI=1S/C22H20F6/c23-17-10-9-16-15-8-7-14(20(24)18(15)19(16)21(17)25)13-5-3-12(4-6-13)2-1-11-22(26,27)28/h7-10,12-13H,1-6,11H2. The van der Waals surface area contributed by atoms with Crippen LogP contribution in [0.3, 0.4) is 0 Å². The van der Waals surface area contributed by atoms with Gasteiger partial charge in [-0.25, -0.2) is 13.2 Å². The lowest BCUT2D eigenvalue weighted by Crippen LogP contribution is -2.17. The Kier molecular flexibility index (Phi) is 4.92. The van der Waals surface area contributed by atoms with Gasteiger partial charge in [-0.2, -0.15) is 13.2 Å². The zero-order valence-corrected chi connectivity index (χ0v) is 15.2. The van der Waals surface area contributed by atoms with Crippen LogP contribution in [0, 0.1) is 23.4 Å². The first-order chi connectivity index (χ1) is 13.3. The van der Waals surface area contributed by atoms with Crippen LogP contribution in [0.15, 0.2) is 24.3 Å². The van der Waals surface area contributed by atoms with E-state index in [1.54, 1.807) is 12.1 Å². The van der Waals surface area contributed by atoms with Crippen LogP contribution >= 0.6 is 0 Å². The van der Waals surface area contributed by atoms with Crippen molar-refractivity contribution in [1.82, 2.24) is 0 Å². The molecular weight excluding hydrogens is 378 g/mol. The van der Waals surface area contributed by atoms with Crippen LogP contribution in [0.25, 0.3) is 22.3 Å². The fraction of sp³-hybridized carbons (Fsp3) is 0.455. The zero-order chi connectivity index (χ0) is 20.1. The first-order valence-electron chi connectivity index (χ1n) is 9.64.